The number of para-hydroxylation sites is 2. The van der Waals surface area contributed by atoms with E-state index in [2.05, 4.69) is 4.98 Å². The third-order valence-corrected chi connectivity index (χ3v) is 7.21. The molecular formula is C24H28N2O2. The van der Waals surface area contributed by atoms with Crippen LogP contribution in [0.15, 0.2) is 48.7 Å². The number of benzene rings is 1. The van der Waals surface area contributed by atoms with Crippen LogP contribution in [0.25, 0.3) is 0 Å². The smallest absolute Gasteiger partial charge is 0.228 e. The summed E-state index contributed by atoms with van der Waals surface area (Å²) in [5, 5.41) is 10.4. The van der Waals surface area contributed by atoms with E-state index in [-0.39, 0.29) is 17.1 Å². The molecule has 4 bridgehead atoms. The number of aromatic hydroxyl groups is 1. The number of nitrogens with zero attached hydrogens (tertiary/aromatic N) is 2. The maximum atomic E-state index is 13.6. The van der Waals surface area contributed by atoms with E-state index in [0.29, 0.717) is 18.7 Å². The number of hydrogen-bond acceptors (Lipinski definition) is 3. The quantitative estimate of drug-likeness (QED) is 0.805. The molecule has 2 aromatic rings. The summed E-state index contributed by atoms with van der Waals surface area (Å²) in [4.78, 5) is 19.7. The van der Waals surface area contributed by atoms with Gasteiger partial charge in [-0.15, -0.1) is 0 Å². The van der Waals surface area contributed by atoms with Gasteiger partial charge in [-0.1, -0.05) is 18.2 Å². The number of amides is 1. The normalized spacial score (nSPS) is 30.4. The minimum Gasteiger partial charge on any atom is -0.506 e. The fraction of sp³-hybridized carbons (Fsp3) is 0.500. The Morgan fingerprint density at radius 1 is 1.00 bits per heavy atom. The summed E-state index contributed by atoms with van der Waals surface area (Å²) >= 11 is 0. The second-order valence-electron chi connectivity index (χ2n) is 9.38. The Hall–Kier alpha value is -2.36. The highest BCUT2D eigenvalue weighted by Gasteiger charge is 2.51. The molecule has 1 amide bonds. The van der Waals surface area contributed by atoms with Gasteiger partial charge in [0.2, 0.25) is 5.91 Å². The van der Waals surface area contributed by atoms with Gasteiger partial charge in [0, 0.05) is 12.6 Å². The molecule has 4 heteroatoms. The third-order valence-electron chi connectivity index (χ3n) is 7.21. The van der Waals surface area contributed by atoms with Crippen molar-refractivity contribution < 1.29 is 9.90 Å². The minimum absolute atomic E-state index is 0.120. The minimum atomic E-state index is 0.120. The first-order valence-corrected chi connectivity index (χ1v) is 10.6. The molecule has 4 fully saturated rings. The molecule has 0 aliphatic heterocycles. The van der Waals surface area contributed by atoms with E-state index in [4.69, 9.17) is 0 Å². The lowest BCUT2D eigenvalue weighted by Crippen LogP contribution is -2.48. The van der Waals surface area contributed by atoms with Crippen LogP contribution in [-0.2, 0) is 11.3 Å². The lowest BCUT2D eigenvalue weighted by Gasteiger charge is -2.57. The molecule has 0 atom stereocenters. The highest BCUT2D eigenvalue weighted by Crippen LogP contribution is 2.61. The van der Waals surface area contributed by atoms with Crippen molar-refractivity contribution in [3.63, 3.8) is 0 Å². The number of aromatic nitrogens is 1. The van der Waals surface area contributed by atoms with Gasteiger partial charge in [-0.25, -0.2) is 0 Å². The Balaban J connectivity index is 1.42. The zero-order chi connectivity index (χ0) is 19.1. The number of anilines is 1. The molecule has 1 heterocycles. The number of carbonyl (C=O) groups excluding carboxylic acids is 1. The predicted molar refractivity (Wildman–Crippen MR) is 109 cm³/mol. The Morgan fingerprint density at radius 2 is 1.64 bits per heavy atom. The summed E-state index contributed by atoms with van der Waals surface area (Å²) < 4.78 is 0. The molecule has 1 aromatic heterocycles. The molecule has 0 spiro atoms. The zero-order valence-corrected chi connectivity index (χ0v) is 16.3. The van der Waals surface area contributed by atoms with E-state index in [1.54, 1.807) is 23.2 Å². The standard InChI is InChI=1S/C24H28N2O2/c27-22-7-2-1-6-21(22)26(16-20-5-3-4-8-25-20)23(28)15-24-12-17-9-18(13-24)11-19(10-17)14-24/h1-8,17-19,27H,9-16H2. The van der Waals surface area contributed by atoms with Gasteiger partial charge in [0.25, 0.3) is 0 Å². The largest absolute Gasteiger partial charge is 0.506 e. The number of pyridine rings is 1. The lowest BCUT2D eigenvalue weighted by atomic mass is 9.49. The second-order valence-corrected chi connectivity index (χ2v) is 9.38. The van der Waals surface area contributed by atoms with E-state index in [1.807, 2.05) is 30.3 Å². The highest BCUT2D eigenvalue weighted by atomic mass is 16.3. The predicted octanol–water partition coefficient (Wildman–Crippen LogP) is 4.93. The van der Waals surface area contributed by atoms with Crippen LogP contribution in [0.3, 0.4) is 0 Å². The van der Waals surface area contributed by atoms with Crippen molar-refractivity contribution in [2.45, 2.75) is 51.5 Å². The van der Waals surface area contributed by atoms with Crippen molar-refractivity contribution >= 4 is 11.6 Å². The van der Waals surface area contributed by atoms with Gasteiger partial charge in [0.15, 0.2) is 0 Å². The first-order chi connectivity index (χ1) is 13.6. The van der Waals surface area contributed by atoms with Crippen molar-refractivity contribution in [3.8, 4) is 5.75 Å². The van der Waals surface area contributed by atoms with Crippen LogP contribution in [0.4, 0.5) is 5.69 Å². The van der Waals surface area contributed by atoms with Crippen molar-refractivity contribution in [3.05, 3.63) is 54.4 Å². The third kappa shape index (κ3) is 3.30. The zero-order valence-electron chi connectivity index (χ0n) is 16.3. The van der Waals surface area contributed by atoms with Crippen molar-refractivity contribution in [2.24, 2.45) is 23.2 Å². The number of rotatable bonds is 5. The van der Waals surface area contributed by atoms with E-state index in [1.165, 1.54) is 38.5 Å². The topological polar surface area (TPSA) is 53.4 Å². The molecule has 28 heavy (non-hydrogen) atoms. The van der Waals surface area contributed by atoms with Crippen molar-refractivity contribution in [1.29, 1.82) is 0 Å². The number of phenolic OH excluding ortho intramolecular Hbond substituents is 1. The molecule has 146 valence electrons. The molecule has 4 aliphatic rings. The maximum Gasteiger partial charge on any atom is 0.228 e. The van der Waals surface area contributed by atoms with Gasteiger partial charge < -0.3 is 10.0 Å². The molecule has 4 saturated carbocycles. The van der Waals surface area contributed by atoms with Crippen LogP contribution in [0.2, 0.25) is 0 Å². The molecule has 0 saturated heterocycles. The molecular weight excluding hydrogens is 348 g/mol. The molecule has 0 unspecified atom stereocenters. The maximum absolute atomic E-state index is 13.6. The average molecular weight is 377 g/mol. The Morgan fingerprint density at radius 3 is 2.25 bits per heavy atom. The van der Waals surface area contributed by atoms with Crippen LogP contribution >= 0.6 is 0 Å². The van der Waals surface area contributed by atoms with Crippen LogP contribution in [0, 0.1) is 23.2 Å². The van der Waals surface area contributed by atoms with Crippen LogP contribution in [0.1, 0.15) is 50.6 Å². The first-order valence-electron chi connectivity index (χ1n) is 10.6. The van der Waals surface area contributed by atoms with E-state index >= 15 is 0 Å². The lowest BCUT2D eigenvalue weighted by molar-refractivity contribution is -0.127. The van der Waals surface area contributed by atoms with E-state index in [0.717, 1.165) is 23.4 Å². The summed E-state index contributed by atoms with van der Waals surface area (Å²) in [5.74, 6) is 2.75. The summed E-state index contributed by atoms with van der Waals surface area (Å²) in [6.07, 6.45) is 10.1. The molecule has 6 rings (SSSR count). The summed E-state index contributed by atoms with van der Waals surface area (Å²) in [5.41, 5.74) is 1.60. The van der Waals surface area contributed by atoms with Gasteiger partial charge in [-0.05, 0) is 86.0 Å². The van der Waals surface area contributed by atoms with Crippen LogP contribution in [-0.4, -0.2) is 16.0 Å². The van der Waals surface area contributed by atoms with Gasteiger partial charge >= 0.3 is 0 Å². The number of hydrogen-bond donors (Lipinski definition) is 1. The molecule has 4 aliphatic carbocycles. The summed E-state index contributed by atoms with van der Waals surface area (Å²) in [6.45, 7) is 0.392. The SMILES string of the molecule is O=C(CC12CC3CC(CC(C3)C1)C2)N(Cc1ccccn1)c1ccccc1O. The summed E-state index contributed by atoms with van der Waals surface area (Å²) in [7, 11) is 0. The van der Waals surface area contributed by atoms with Gasteiger partial charge in [0.1, 0.15) is 5.75 Å². The number of phenols is 1. The van der Waals surface area contributed by atoms with Crippen LogP contribution in [0.5, 0.6) is 5.75 Å². The monoisotopic (exact) mass is 376 g/mol. The molecule has 0 radical (unpaired) electrons. The Labute approximate surface area is 166 Å². The van der Waals surface area contributed by atoms with Crippen LogP contribution < -0.4 is 4.90 Å². The Kier molecular flexibility index (Phi) is 4.37. The summed E-state index contributed by atoms with van der Waals surface area (Å²) in [6, 6.07) is 12.9. The van der Waals surface area contributed by atoms with Crippen molar-refractivity contribution in [1.82, 2.24) is 4.98 Å². The number of carbonyl (C=O) groups is 1. The van der Waals surface area contributed by atoms with E-state index < -0.39 is 0 Å². The van der Waals surface area contributed by atoms with Gasteiger partial charge in [-0.3, -0.25) is 9.78 Å². The molecule has 1 aromatic carbocycles. The van der Waals surface area contributed by atoms with E-state index in [9.17, 15) is 9.90 Å². The molecule has 4 nitrogen and oxygen atoms in total. The molecule has 1 N–H and O–H groups in total. The fourth-order valence-corrected chi connectivity index (χ4v) is 6.58. The van der Waals surface area contributed by atoms with Gasteiger partial charge in [0.05, 0.1) is 17.9 Å². The fourth-order valence-electron chi connectivity index (χ4n) is 6.58. The average Bonchev–Trinajstić information content (AvgIpc) is 2.66. The Bertz CT molecular complexity index is 829. The van der Waals surface area contributed by atoms with Crippen molar-refractivity contribution in [2.75, 3.05) is 4.90 Å². The second kappa shape index (κ2) is 6.91. The first kappa shape index (κ1) is 17.7. The highest BCUT2D eigenvalue weighted by molar-refractivity contribution is 5.95. The van der Waals surface area contributed by atoms with Gasteiger partial charge in [-0.2, -0.15) is 0 Å².